The van der Waals surface area contributed by atoms with E-state index in [1.807, 2.05) is 0 Å². The lowest BCUT2D eigenvalue weighted by Gasteiger charge is -2.25. The van der Waals surface area contributed by atoms with Crippen molar-refractivity contribution in [3.8, 4) is 11.5 Å². The van der Waals surface area contributed by atoms with Crippen molar-refractivity contribution in [3.63, 3.8) is 0 Å². The predicted octanol–water partition coefficient (Wildman–Crippen LogP) is 1.72. The molecule has 1 N–H and O–H groups in total. The van der Waals surface area contributed by atoms with E-state index in [-0.39, 0.29) is 19.0 Å². The van der Waals surface area contributed by atoms with Crippen LogP contribution in [0.1, 0.15) is 0 Å². The van der Waals surface area contributed by atoms with Crippen LogP contribution in [-0.2, 0) is 0 Å². The average Bonchev–Trinajstić information content (AvgIpc) is 2.16. The van der Waals surface area contributed by atoms with E-state index in [2.05, 4.69) is 15.9 Å². The Labute approximate surface area is 88.6 Å². The van der Waals surface area contributed by atoms with Crippen LogP contribution in [0.4, 0.5) is 4.39 Å². The second-order valence-corrected chi connectivity index (χ2v) is 3.86. The van der Waals surface area contributed by atoms with E-state index in [0.29, 0.717) is 10.2 Å². The van der Waals surface area contributed by atoms with Crippen LogP contribution in [0.25, 0.3) is 0 Å². The molecule has 1 heterocycles. The maximum Gasteiger partial charge on any atom is 0.197 e. The number of ether oxygens (including phenoxy) is 2. The van der Waals surface area contributed by atoms with Gasteiger partial charge >= 0.3 is 0 Å². The van der Waals surface area contributed by atoms with Gasteiger partial charge in [-0.2, -0.15) is 0 Å². The fourth-order valence-electron chi connectivity index (χ4n) is 1.24. The highest BCUT2D eigenvalue weighted by molar-refractivity contribution is 9.10. The van der Waals surface area contributed by atoms with Crippen LogP contribution >= 0.6 is 15.9 Å². The average molecular weight is 263 g/mol. The van der Waals surface area contributed by atoms with Gasteiger partial charge in [0.05, 0.1) is 6.61 Å². The smallest absolute Gasteiger partial charge is 0.197 e. The summed E-state index contributed by atoms with van der Waals surface area (Å²) >= 11 is 3.15. The summed E-state index contributed by atoms with van der Waals surface area (Å²) in [6.07, 6.45) is -0.420. The van der Waals surface area contributed by atoms with Gasteiger partial charge in [0.2, 0.25) is 0 Å². The molecule has 2 rings (SSSR count). The Balaban J connectivity index is 2.37. The fraction of sp³-hybridized carbons (Fsp3) is 0.333. The van der Waals surface area contributed by atoms with Crippen LogP contribution in [0.3, 0.4) is 0 Å². The molecule has 76 valence electrons. The fourth-order valence-corrected chi connectivity index (χ4v) is 1.65. The number of fused-ring (bicyclic) bond motifs is 1. The van der Waals surface area contributed by atoms with E-state index in [4.69, 9.17) is 14.6 Å². The van der Waals surface area contributed by atoms with Crippen molar-refractivity contribution in [1.29, 1.82) is 0 Å². The molecule has 0 bridgehead atoms. The number of benzene rings is 1. The molecule has 5 heteroatoms. The van der Waals surface area contributed by atoms with Crippen LogP contribution < -0.4 is 9.47 Å². The van der Waals surface area contributed by atoms with E-state index in [0.717, 1.165) is 0 Å². The summed E-state index contributed by atoms with van der Waals surface area (Å²) < 4.78 is 24.3. The van der Waals surface area contributed by atoms with Gasteiger partial charge < -0.3 is 14.6 Å². The minimum atomic E-state index is -0.467. The van der Waals surface area contributed by atoms with Crippen molar-refractivity contribution in [2.45, 2.75) is 6.10 Å². The van der Waals surface area contributed by atoms with E-state index in [9.17, 15) is 4.39 Å². The van der Waals surface area contributed by atoms with Crippen molar-refractivity contribution in [1.82, 2.24) is 0 Å². The van der Waals surface area contributed by atoms with Crippen LogP contribution in [0.15, 0.2) is 16.6 Å². The molecule has 1 unspecified atom stereocenters. The first-order valence-electron chi connectivity index (χ1n) is 4.10. The van der Waals surface area contributed by atoms with Crippen molar-refractivity contribution in [2.24, 2.45) is 0 Å². The van der Waals surface area contributed by atoms with Gasteiger partial charge in [0.15, 0.2) is 23.4 Å². The number of hydrogen-bond acceptors (Lipinski definition) is 3. The van der Waals surface area contributed by atoms with E-state index < -0.39 is 11.9 Å². The maximum absolute atomic E-state index is 13.3. The van der Waals surface area contributed by atoms with Gasteiger partial charge in [-0.25, -0.2) is 4.39 Å². The lowest BCUT2D eigenvalue weighted by Crippen LogP contribution is -2.32. The molecule has 0 aliphatic carbocycles. The number of aliphatic hydroxyl groups excluding tert-OH is 1. The Bertz CT molecular complexity index is 356. The Hall–Kier alpha value is -0.810. The molecule has 0 spiro atoms. The van der Waals surface area contributed by atoms with Crippen molar-refractivity contribution in [3.05, 3.63) is 22.4 Å². The molecule has 0 saturated carbocycles. The molecule has 1 aromatic carbocycles. The minimum Gasteiger partial charge on any atom is -0.483 e. The molecule has 1 atom stereocenters. The number of rotatable bonds is 1. The molecule has 0 saturated heterocycles. The quantitative estimate of drug-likeness (QED) is 0.838. The molecule has 0 aromatic heterocycles. The molecule has 0 amide bonds. The summed E-state index contributed by atoms with van der Waals surface area (Å²) in [7, 11) is 0. The summed E-state index contributed by atoms with van der Waals surface area (Å²) in [6, 6.07) is 2.92. The molecule has 1 aliphatic heterocycles. The third kappa shape index (κ3) is 1.69. The van der Waals surface area contributed by atoms with E-state index in [1.165, 1.54) is 6.07 Å². The van der Waals surface area contributed by atoms with Gasteiger partial charge in [-0.1, -0.05) is 15.9 Å². The SMILES string of the molecule is OCC1COc2c(F)cc(Br)cc2O1. The van der Waals surface area contributed by atoms with Gasteiger partial charge in [-0.3, -0.25) is 0 Å². The van der Waals surface area contributed by atoms with Gasteiger partial charge in [0.25, 0.3) is 0 Å². The van der Waals surface area contributed by atoms with Gasteiger partial charge in [0, 0.05) is 4.47 Å². The molecule has 3 nitrogen and oxygen atoms in total. The normalized spacial score (nSPS) is 19.5. The summed E-state index contributed by atoms with van der Waals surface area (Å²) in [5.41, 5.74) is 0. The summed E-state index contributed by atoms with van der Waals surface area (Å²) in [5.74, 6) is -0.0363. The molecule has 0 radical (unpaired) electrons. The van der Waals surface area contributed by atoms with Crippen LogP contribution in [0, 0.1) is 5.82 Å². The zero-order chi connectivity index (χ0) is 10.1. The topological polar surface area (TPSA) is 38.7 Å². The molecular weight excluding hydrogens is 255 g/mol. The maximum atomic E-state index is 13.3. The van der Waals surface area contributed by atoms with E-state index >= 15 is 0 Å². The first-order chi connectivity index (χ1) is 6.70. The number of aliphatic hydroxyl groups is 1. The minimum absolute atomic E-state index is 0.109. The second kappa shape index (κ2) is 3.74. The zero-order valence-corrected chi connectivity index (χ0v) is 8.75. The highest BCUT2D eigenvalue weighted by atomic mass is 79.9. The molecule has 1 aromatic rings. The van der Waals surface area contributed by atoms with Crippen LogP contribution in [0.5, 0.6) is 11.5 Å². The van der Waals surface area contributed by atoms with Crippen LogP contribution in [0.2, 0.25) is 0 Å². The van der Waals surface area contributed by atoms with Crippen LogP contribution in [-0.4, -0.2) is 24.4 Å². The Morgan fingerprint density at radius 2 is 2.36 bits per heavy atom. The third-order valence-corrected chi connectivity index (χ3v) is 2.34. The van der Waals surface area contributed by atoms with Crippen molar-refractivity contribution in [2.75, 3.05) is 13.2 Å². The highest BCUT2D eigenvalue weighted by Crippen LogP contribution is 2.36. The monoisotopic (exact) mass is 262 g/mol. The second-order valence-electron chi connectivity index (χ2n) is 2.95. The Kier molecular flexibility index (Phi) is 2.60. The van der Waals surface area contributed by atoms with Gasteiger partial charge in [-0.15, -0.1) is 0 Å². The molecular formula is C9H8BrFO3. The Morgan fingerprint density at radius 3 is 3.07 bits per heavy atom. The van der Waals surface area contributed by atoms with Gasteiger partial charge in [-0.05, 0) is 12.1 Å². The number of hydrogen-bond donors (Lipinski definition) is 1. The third-order valence-electron chi connectivity index (χ3n) is 1.89. The summed E-state index contributed by atoms with van der Waals surface area (Å²) in [4.78, 5) is 0. The number of halogens is 2. The standard InChI is InChI=1S/C9H8BrFO3/c10-5-1-7(11)9-8(2-5)14-6(3-12)4-13-9/h1-2,6,12H,3-4H2. The highest BCUT2D eigenvalue weighted by Gasteiger charge is 2.23. The lowest BCUT2D eigenvalue weighted by atomic mass is 10.2. The Morgan fingerprint density at radius 1 is 1.57 bits per heavy atom. The summed E-state index contributed by atoms with van der Waals surface area (Å²) in [6.45, 7) is 0.0234. The van der Waals surface area contributed by atoms with Crippen molar-refractivity contribution >= 4 is 15.9 Å². The van der Waals surface area contributed by atoms with Gasteiger partial charge in [0.1, 0.15) is 6.61 Å². The van der Waals surface area contributed by atoms with E-state index in [1.54, 1.807) is 6.07 Å². The first kappa shape index (κ1) is 9.73. The zero-order valence-electron chi connectivity index (χ0n) is 7.17. The summed E-state index contributed by atoms with van der Waals surface area (Å²) in [5, 5.41) is 8.84. The first-order valence-corrected chi connectivity index (χ1v) is 4.89. The molecule has 1 aliphatic rings. The predicted molar refractivity (Wildman–Crippen MR) is 51.1 cm³/mol. The molecule has 14 heavy (non-hydrogen) atoms. The lowest BCUT2D eigenvalue weighted by molar-refractivity contribution is 0.0428. The largest absolute Gasteiger partial charge is 0.483 e. The molecule has 0 fully saturated rings. The van der Waals surface area contributed by atoms with Crippen molar-refractivity contribution < 1.29 is 19.0 Å².